The number of likely N-dealkylation sites (tertiary alicyclic amines) is 1. The highest BCUT2D eigenvalue weighted by atomic mass is 19.3. The van der Waals surface area contributed by atoms with Gasteiger partial charge in [0.25, 0.3) is 17.9 Å². The molecule has 1 atom stereocenters. The van der Waals surface area contributed by atoms with Gasteiger partial charge in [-0.15, -0.1) is 0 Å². The molecular formula is C36H53F2N5O+. The molecule has 2 saturated heterocycles. The summed E-state index contributed by atoms with van der Waals surface area (Å²) in [6, 6.07) is 11.4. The number of aromatic nitrogens is 1. The molecular weight excluding hydrogens is 556 g/mol. The number of azo groups is 2. The maximum absolute atomic E-state index is 14.4. The van der Waals surface area contributed by atoms with E-state index in [-0.39, 0.29) is 19.1 Å². The van der Waals surface area contributed by atoms with E-state index in [4.69, 9.17) is 5.11 Å². The summed E-state index contributed by atoms with van der Waals surface area (Å²) in [6.07, 6.45) is 7.64. The number of carbonyl (C=O) groups excluding carboxylic acids is 1. The standard InChI is InChI=1S/C31H37F2N5O.C3H8.C2H6.H2/c1-19(2)21-8-10-24(11-9-21)38-27-12-13-37(26-7-5-4-6-25(36-38)28(26)27)30(39)23-15-22(14-20-16-34-17-20)29(35-18-23)31(3,32)33;1-3-2;1-2;/h8-11,15,18-20,26,34H,4-7,12-14,16-17H2,1-3H3;3H2,1-2H3;1-2H3;1H/q+1;;;. The van der Waals surface area contributed by atoms with Crippen LogP contribution in [0, 0.1) is 12.0 Å². The first-order chi connectivity index (χ1) is 21.1. The van der Waals surface area contributed by atoms with Crippen molar-refractivity contribution in [1.82, 2.24) is 15.2 Å². The van der Waals surface area contributed by atoms with Gasteiger partial charge in [0.15, 0.2) is 0 Å². The van der Waals surface area contributed by atoms with Crippen LogP contribution < -0.4 is 5.32 Å². The predicted molar refractivity (Wildman–Crippen MR) is 174 cm³/mol. The van der Waals surface area contributed by atoms with Gasteiger partial charge in [-0.1, -0.05) is 71.2 Å². The number of benzene rings is 1. The van der Waals surface area contributed by atoms with Crippen molar-refractivity contribution in [2.24, 2.45) is 11.0 Å². The predicted octanol–water partition coefficient (Wildman–Crippen LogP) is 9.15. The Labute approximate surface area is 264 Å². The van der Waals surface area contributed by atoms with Gasteiger partial charge in [-0.2, -0.15) is 8.78 Å². The Kier molecular flexibility index (Phi) is 11.4. The molecule has 1 amide bonds. The summed E-state index contributed by atoms with van der Waals surface area (Å²) in [5.41, 5.74) is 5.28. The molecule has 6 rings (SSSR count). The third kappa shape index (κ3) is 7.27. The lowest BCUT2D eigenvalue weighted by Gasteiger charge is -2.37. The summed E-state index contributed by atoms with van der Waals surface area (Å²) in [4.78, 5) is 20.0. The molecule has 1 unspecified atom stereocenters. The minimum absolute atomic E-state index is 0. The molecule has 1 N–H and O–H groups in total. The van der Waals surface area contributed by atoms with Crippen molar-refractivity contribution in [3.05, 3.63) is 76.2 Å². The average molecular weight is 610 g/mol. The second kappa shape index (κ2) is 14.9. The number of alkyl halides is 2. The molecule has 241 valence electrons. The van der Waals surface area contributed by atoms with Gasteiger partial charge < -0.3 is 10.2 Å². The van der Waals surface area contributed by atoms with Crippen LogP contribution in [0.5, 0.6) is 0 Å². The van der Waals surface area contributed by atoms with Gasteiger partial charge in [-0.05, 0) is 72.9 Å². The molecule has 2 fully saturated rings. The first kappa shape index (κ1) is 33.9. The minimum atomic E-state index is -3.05. The fourth-order valence-electron chi connectivity index (χ4n) is 6.40. The average Bonchev–Trinajstić information content (AvgIpc) is 3.22. The Bertz CT molecular complexity index is 1350. The van der Waals surface area contributed by atoms with Crippen molar-refractivity contribution in [2.75, 3.05) is 19.6 Å². The van der Waals surface area contributed by atoms with E-state index in [2.05, 4.69) is 67.0 Å². The van der Waals surface area contributed by atoms with E-state index in [1.165, 1.54) is 29.8 Å². The molecule has 4 aliphatic rings. The molecule has 8 heteroatoms. The van der Waals surface area contributed by atoms with Crippen molar-refractivity contribution in [3.63, 3.8) is 0 Å². The van der Waals surface area contributed by atoms with E-state index < -0.39 is 5.92 Å². The summed E-state index contributed by atoms with van der Waals surface area (Å²) >= 11 is 0. The number of amides is 1. The van der Waals surface area contributed by atoms with E-state index in [0.29, 0.717) is 42.3 Å². The highest BCUT2D eigenvalue weighted by Gasteiger charge is 2.50. The first-order valence-electron chi connectivity index (χ1n) is 16.7. The second-order valence-electron chi connectivity index (χ2n) is 12.5. The number of hydrogen-bond acceptors (Lipinski definition) is 4. The zero-order valence-corrected chi connectivity index (χ0v) is 27.7. The highest BCUT2D eigenvalue weighted by Crippen LogP contribution is 2.46. The van der Waals surface area contributed by atoms with E-state index in [9.17, 15) is 13.6 Å². The smallest absolute Gasteiger partial charge is 0.291 e. The van der Waals surface area contributed by atoms with Crippen LogP contribution in [0.2, 0.25) is 0 Å². The van der Waals surface area contributed by atoms with Gasteiger partial charge in [-0.3, -0.25) is 9.78 Å². The van der Waals surface area contributed by atoms with Crippen molar-refractivity contribution in [3.8, 4) is 0 Å². The fourth-order valence-corrected chi connectivity index (χ4v) is 6.40. The number of carbonyl (C=O) groups is 1. The second-order valence-corrected chi connectivity index (χ2v) is 12.5. The monoisotopic (exact) mass is 609 g/mol. The van der Waals surface area contributed by atoms with Gasteiger partial charge in [0.1, 0.15) is 11.4 Å². The topological polar surface area (TPSA) is 60.6 Å². The number of pyridine rings is 1. The molecule has 1 aliphatic carbocycles. The Morgan fingerprint density at radius 3 is 2.41 bits per heavy atom. The molecule has 4 heterocycles. The van der Waals surface area contributed by atoms with Crippen LogP contribution in [0.1, 0.15) is 122 Å². The van der Waals surface area contributed by atoms with Gasteiger partial charge in [-0.25, -0.2) is 0 Å². The maximum atomic E-state index is 14.4. The van der Waals surface area contributed by atoms with E-state index in [1.54, 1.807) is 6.07 Å². The molecule has 0 bridgehead atoms. The van der Waals surface area contributed by atoms with E-state index >= 15 is 0 Å². The molecule has 1 aromatic heterocycles. The zero-order chi connectivity index (χ0) is 32.0. The van der Waals surface area contributed by atoms with Crippen LogP contribution in [-0.4, -0.2) is 46.2 Å². The molecule has 1 radical (unpaired) electrons. The number of nitrogens with zero attached hydrogens (tertiary/aromatic N) is 4. The molecule has 0 spiro atoms. The molecule has 44 heavy (non-hydrogen) atoms. The normalized spacial score (nSPS) is 20.1. The number of nitrogens with one attached hydrogen (secondary N) is 1. The Hall–Kier alpha value is -3.00. The van der Waals surface area contributed by atoms with Crippen molar-refractivity contribution in [2.45, 2.75) is 111 Å². The third-order valence-electron chi connectivity index (χ3n) is 8.61. The number of halogens is 2. The molecule has 3 aliphatic heterocycles. The maximum Gasteiger partial charge on any atom is 0.291 e. The van der Waals surface area contributed by atoms with Gasteiger partial charge in [0.2, 0.25) is 5.69 Å². The minimum Gasteiger partial charge on any atom is -0.331 e. The molecule has 6 nitrogen and oxygen atoms in total. The van der Waals surface area contributed by atoms with Crippen LogP contribution >= 0.6 is 0 Å². The summed E-state index contributed by atoms with van der Waals surface area (Å²) in [7, 11) is 0. The molecule has 2 aromatic rings. The first-order valence-corrected chi connectivity index (χ1v) is 16.7. The quantitative estimate of drug-likeness (QED) is 0.332. The van der Waals surface area contributed by atoms with Gasteiger partial charge >= 0.3 is 0 Å². The lowest BCUT2D eigenvalue weighted by molar-refractivity contribution is -0.487. The third-order valence-corrected chi connectivity index (χ3v) is 8.61. The fraction of sp³-hybridized carbons (Fsp3) is 0.583. The lowest BCUT2D eigenvalue weighted by Crippen LogP contribution is -2.48. The number of hydrogen-bond donors (Lipinski definition) is 1. The van der Waals surface area contributed by atoms with Crippen molar-refractivity contribution >= 4 is 11.6 Å². The Balaban J connectivity index is 0.000000870. The lowest BCUT2D eigenvalue weighted by atomic mass is 9.87. The number of rotatable bonds is 6. The van der Waals surface area contributed by atoms with Gasteiger partial charge in [0.05, 0.1) is 17.2 Å². The summed E-state index contributed by atoms with van der Waals surface area (Å²) < 4.78 is 30.8. The van der Waals surface area contributed by atoms with Crippen LogP contribution in [0.15, 0.2) is 52.9 Å². The van der Waals surface area contributed by atoms with E-state index in [1.807, 2.05) is 18.7 Å². The number of piperidine rings is 1. The largest absolute Gasteiger partial charge is 0.331 e. The van der Waals surface area contributed by atoms with Crippen LogP contribution in [-0.2, 0) is 12.3 Å². The summed E-state index contributed by atoms with van der Waals surface area (Å²) in [6.45, 7) is 15.7. The van der Waals surface area contributed by atoms with Crippen LogP contribution in [0.4, 0.5) is 14.5 Å². The van der Waals surface area contributed by atoms with Gasteiger partial charge in [0, 0.05) is 39.6 Å². The zero-order valence-electron chi connectivity index (χ0n) is 27.7. The van der Waals surface area contributed by atoms with Crippen LogP contribution in [0.25, 0.3) is 0 Å². The summed E-state index contributed by atoms with van der Waals surface area (Å²) in [5, 5.41) is 8.26. The van der Waals surface area contributed by atoms with Crippen molar-refractivity contribution < 1.29 is 19.7 Å². The van der Waals surface area contributed by atoms with E-state index in [0.717, 1.165) is 57.1 Å². The number of allylic oxidation sites excluding steroid dienone is 1. The Morgan fingerprint density at radius 2 is 1.82 bits per heavy atom. The SMILES string of the molecule is CC.CC(C)c1ccc([N+]2=NC3=C4[C]2CCN(C(=O)c2cnc(C(C)(F)F)c(CC5CNC5)c2)C4CCCC3)cc1.CCC.[HH]. The summed E-state index contributed by atoms with van der Waals surface area (Å²) in [5.74, 6) is -2.42. The highest BCUT2D eigenvalue weighted by molar-refractivity contribution is 5.95. The molecule has 0 saturated carbocycles. The van der Waals surface area contributed by atoms with Crippen molar-refractivity contribution in [1.29, 1.82) is 0 Å². The van der Waals surface area contributed by atoms with Crippen LogP contribution in [0.3, 0.4) is 0 Å². The Morgan fingerprint density at radius 1 is 1.14 bits per heavy atom. The molecule has 1 aromatic carbocycles.